The lowest BCUT2D eigenvalue weighted by Gasteiger charge is -2.16. The van der Waals surface area contributed by atoms with Crippen LogP contribution in [0.2, 0.25) is 0 Å². The Labute approximate surface area is 67.2 Å². The van der Waals surface area contributed by atoms with Gasteiger partial charge in [0.25, 0.3) is 0 Å². The largest absolute Gasteiger partial charge is 0.455 e. The van der Waals surface area contributed by atoms with Gasteiger partial charge in [0.15, 0.2) is 0 Å². The Morgan fingerprint density at radius 2 is 2.00 bits per heavy atom. The molecule has 0 radical (unpaired) electrons. The molecule has 2 heteroatoms. The average Bonchev–Trinajstić information content (AvgIpc) is 2.08. The quantitative estimate of drug-likeness (QED) is 0.498. The maximum absolute atomic E-state index is 11.1. The summed E-state index contributed by atoms with van der Waals surface area (Å²) in [5.74, 6) is -0.162. The third-order valence-electron chi connectivity index (χ3n) is 1.72. The van der Waals surface area contributed by atoms with E-state index in [1.807, 2.05) is 33.8 Å². The van der Waals surface area contributed by atoms with E-state index in [1.165, 1.54) is 0 Å². The van der Waals surface area contributed by atoms with Gasteiger partial charge in [-0.3, -0.25) is 0 Å². The molecule has 2 nitrogen and oxygen atoms in total. The second kappa shape index (κ2) is 2.36. The van der Waals surface area contributed by atoms with E-state index in [0.29, 0.717) is 0 Å². The summed E-state index contributed by atoms with van der Waals surface area (Å²) in [4.78, 5) is 11.1. The standard InChI is InChI=1S/C9H14O2/c1-6-5-7(8(10)11-6)9(2,3)4/h5-6H,1-4H3/t6-/m1/s1. The van der Waals surface area contributed by atoms with Crippen molar-refractivity contribution in [1.82, 2.24) is 0 Å². The highest BCUT2D eigenvalue weighted by Gasteiger charge is 2.31. The topological polar surface area (TPSA) is 26.3 Å². The van der Waals surface area contributed by atoms with Crippen LogP contribution in [-0.4, -0.2) is 12.1 Å². The zero-order valence-corrected chi connectivity index (χ0v) is 7.47. The van der Waals surface area contributed by atoms with Crippen LogP contribution in [0, 0.1) is 5.41 Å². The first kappa shape index (κ1) is 8.31. The van der Waals surface area contributed by atoms with E-state index in [4.69, 9.17) is 4.74 Å². The van der Waals surface area contributed by atoms with Crippen molar-refractivity contribution in [1.29, 1.82) is 0 Å². The summed E-state index contributed by atoms with van der Waals surface area (Å²) in [6.07, 6.45) is 1.85. The summed E-state index contributed by atoms with van der Waals surface area (Å²) in [6.45, 7) is 7.91. The van der Waals surface area contributed by atoms with Gasteiger partial charge in [-0.05, 0) is 18.4 Å². The maximum atomic E-state index is 11.1. The molecule has 1 aliphatic rings. The van der Waals surface area contributed by atoms with Crippen LogP contribution in [0.15, 0.2) is 11.6 Å². The van der Waals surface area contributed by atoms with Crippen LogP contribution in [0.3, 0.4) is 0 Å². The number of carbonyl (C=O) groups excluding carboxylic acids is 1. The molecule has 0 bridgehead atoms. The summed E-state index contributed by atoms with van der Waals surface area (Å²) >= 11 is 0. The van der Waals surface area contributed by atoms with E-state index >= 15 is 0 Å². The molecule has 1 aliphatic heterocycles. The molecule has 1 rings (SSSR count). The third-order valence-corrected chi connectivity index (χ3v) is 1.72. The minimum atomic E-state index is -0.162. The van der Waals surface area contributed by atoms with Crippen molar-refractivity contribution in [3.8, 4) is 0 Å². The number of hydrogen-bond acceptors (Lipinski definition) is 2. The minimum absolute atomic E-state index is 0.0447. The molecule has 0 amide bonds. The molecule has 0 aromatic heterocycles. The van der Waals surface area contributed by atoms with Crippen molar-refractivity contribution in [3.05, 3.63) is 11.6 Å². The fourth-order valence-corrected chi connectivity index (χ4v) is 1.13. The van der Waals surface area contributed by atoms with Crippen LogP contribution in [0.4, 0.5) is 0 Å². The summed E-state index contributed by atoms with van der Waals surface area (Å²) in [5.41, 5.74) is 0.715. The lowest BCUT2D eigenvalue weighted by Crippen LogP contribution is -2.15. The molecule has 1 heterocycles. The molecular formula is C9H14O2. The molecule has 62 valence electrons. The summed E-state index contributed by atoms with van der Waals surface area (Å²) < 4.78 is 4.97. The second-order valence-corrected chi connectivity index (χ2v) is 3.94. The Bertz CT molecular complexity index is 208. The van der Waals surface area contributed by atoms with Crippen LogP contribution in [0.1, 0.15) is 27.7 Å². The molecule has 0 saturated carbocycles. The van der Waals surface area contributed by atoms with Gasteiger partial charge in [-0.25, -0.2) is 4.79 Å². The second-order valence-electron chi connectivity index (χ2n) is 3.94. The third kappa shape index (κ3) is 1.62. The van der Waals surface area contributed by atoms with Crippen LogP contribution in [-0.2, 0) is 9.53 Å². The van der Waals surface area contributed by atoms with Gasteiger partial charge in [0.05, 0.1) is 0 Å². The number of esters is 1. The van der Waals surface area contributed by atoms with Gasteiger partial charge in [0.1, 0.15) is 6.10 Å². The number of carbonyl (C=O) groups is 1. The Morgan fingerprint density at radius 1 is 1.45 bits per heavy atom. The van der Waals surface area contributed by atoms with E-state index in [0.717, 1.165) is 5.57 Å². The Hall–Kier alpha value is -0.790. The highest BCUT2D eigenvalue weighted by Crippen LogP contribution is 2.30. The van der Waals surface area contributed by atoms with E-state index in [-0.39, 0.29) is 17.5 Å². The van der Waals surface area contributed by atoms with Gasteiger partial charge in [0, 0.05) is 5.57 Å². The molecule has 0 aliphatic carbocycles. The fraction of sp³-hybridized carbons (Fsp3) is 0.667. The van der Waals surface area contributed by atoms with Crippen LogP contribution >= 0.6 is 0 Å². The molecule has 0 aromatic carbocycles. The van der Waals surface area contributed by atoms with Crippen molar-refractivity contribution in [3.63, 3.8) is 0 Å². The fourth-order valence-electron chi connectivity index (χ4n) is 1.13. The molecule has 0 unspecified atom stereocenters. The van der Waals surface area contributed by atoms with Gasteiger partial charge in [-0.15, -0.1) is 0 Å². The SMILES string of the molecule is C[C@@H]1C=C(C(C)(C)C)C(=O)O1. The lowest BCUT2D eigenvalue weighted by atomic mass is 9.86. The first-order chi connectivity index (χ1) is 4.91. The molecule has 0 fully saturated rings. The predicted octanol–water partition coefficient (Wildman–Crippen LogP) is 1.90. The minimum Gasteiger partial charge on any atom is -0.455 e. The highest BCUT2D eigenvalue weighted by molar-refractivity contribution is 5.92. The summed E-state index contributed by atoms with van der Waals surface area (Å²) in [7, 11) is 0. The van der Waals surface area contributed by atoms with E-state index in [9.17, 15) is 4.79 Å². The van der Waals surface area contributed by atoms with Crippen LogP contribution < -0.4 is 0 Å². The normalized spacial score (nSPS) is 24.9. The predicted molar refractivity (Wildman–Crippen MR) is 43.1 cm³/mol. The lowest BCUT2D eigenvalue weighted by molar-refractivity contribution is -0.139. The summed E-state index contributed by atoms with van der Waals surface area (Å²) in [5, 5.41) is 0. The average molecular weight is 154 g/mol. The van der Waals surface area contributed by atoms with Crippen LogP contribution in [0.5, 0.6) is 0 Å². The van der Waals surface area contributed by atoms with Gasteiger partial charge in [0.2, 0.25) is 0 Å². The number of hydrogen-bond donors (Lipinski definition) is 0. The highest BCUT2D eigenvalue weighted by atomic mass is 16.5. The maximum Gasteiger partial charge on any atom is 0.334 e. The number of ether oxygens (including phenoxy) is 1. The smallest absolute Gasteiger partial charge is 0.334 e. The van der Waals surface area contributed by atoms with Crippen molar-refractivity contribution in [2.75, 3.05) is 0 Å². The zero-order chi connectivity index (χ0) is 8.65. The Morgan fingerprint density at radius 3 is 2.18 bits per heavy atom. The van der Waals surface area contributed by atoms with Crippen molar-refractivity contribution in [2.24, 2.45) is 5.41 Å². The van der Waals surface area contributed by atoms with Gasteiger partial charge in [-0.2, -0.15) is 0 Å². The van der Waals surface area contributed by atoms with Crippen molar-refractivity contribution >= 4 is 5.97 Å². The molecule has 1 atom stereocenters. The molecule has 0 aromatic rings. The van der Waals surface area contributed by atoms with Gasteiger partial charge < -0.3 is 4.74 Å². The van der Waals surface area contributed by atoms with Crippen LogP contribution in [0.25, 0.3) is 0 Å². The van der Waals surface area contributed by atoms with Crippen molar-refractivity contribution in [2.45, 2.75) is 33.8 Å². The number of cyclic esters (lactones) is 1. The van der Waals surface area contributed by atoms with Gasteiger partial charge >= 0.3 is 5.97 Å². The van der Waals surface area contributed by atoms with E-state index in [2.05, 4.69) is 0 Å². The monoisotopic (exact) mass is 154 g/mol. The molecule has 0 saturated heterocycles. The van der Waals surface area contributed by atoms with E-state index in [1.54, 1.807) is 0 Å². The first-order valence-corrected chi connectivity index (χ1v) is 3.84. The molecule has 11 heavy (non-hydrogen) atoms. The first-order valence-electron chi connectivity index (χ1n) is 3.84. The Kier molecular flexibility index (Phi) is 1.78. The van der Waals surface area contributed by atoms with Gasteiger partial charge in [-0.1, -0.05) is 20.8 Å². The number of rotatable bonds is 0. The molecular weight excluding hydrogens is 140 g/mol. The Balaban J connectivity index is 2.88. The summed E-state index contributed by atoms with van der Waals surface area (Å²) in [6, 6.07) is 0. The zero-order valence-electron chi connectivity index (χ0n) is 7.47. The molecule has 0 spiro atoms. The van der Waals surface area contributed by atoms with Crippen molar-refractivity contribution < 1.29 is 9.53 Å². The molecule has 0 N–H and O–H groups in total. The van der Waals surface area contributed by atoms with E-state index < -0.39 is 0 Å².